The summed E-state index contributed by atoms with van der Waals surface area (Å²) in [6.45, 7) is 2.07. The van der Waals surface area contributed by atoms with Crippen molar-refractivity contribution >= 4 is 28.1 Å². The Hall–Kier alpha value is -0.790. The number of hydrogen-bond acceptors (Lipinski definition) is 4. The van der Waals surface area contributed by atoms with Crippen molar-refractivity contribution in [1.82, 2.24) is 4.98 Å². The zero-order chi connectivity index (χ0) is 9.26. The first-order valence-corrected chi connectivity index (χ1v) is 5.32. The van der Waals surface area contributed by atoms with Gasteiger partial charge in [-0.25, -0.2) is 4.98 Å². The Bertz CT molecular complexity index is 349. The fourth-order valence-electron chi connectivity index (χ4n) is 1.40. The predicted octanol–water partition coefficient (Wildman–Crippen LogP) is 2.27. The minimum absolute atomic E-state index is 0.342. The van der Waals surface area contributed by atoms with Gasteiger partial charge in [-0.3, -0.25) is 0 Å². The van der Waals surface area contributed by atoms with E-state index in [0.29, 0.717) is 10.0 Å². The topological polar surface area (TPSA) is 39.9 Å². The Labute approximate surface area is 85.6 Å². The van der Waals surface area contributed by atoms with E-state index in [0.717, 1.165) is 18.2 Å². The molecule has 2 rings (SSSR count). The van der Waals surface area contributed by atoms with Crippen molar-refractivity contribution in [2.24, 2.45) is 0 Å². The van der Waals surface area contributed by atoms with Gasteiger partial charge in [-0.15, -0.1) is 0 Å². The number of nitriles is 1. The zero-order valence-corrected chi connectivity index (χ0v) is 8.53. The third-order valence-corrected chi connectivity index (χ3v) is 3.46. The molecule has 68 valence electrons. The standard InChI is InChI=1S/C8H8ClN3S/c9-7-6(5-10)13-8(11-7)12-3-1-2-4-12/h1-4H2. The van der Waals surface area contributed by atoms with Crippen LogP contribution in [0.15, 0.2) is 0 Å². The number of nitrogens with zero attached hydrogens (tertiary/aromatic N) is 3. The highest BCUT2D eigenvalue weighted by Crippen LogP contribution is 2.30. The van der Waals surface area contributed by atoms with Crippen LogP contribution in [0.3, 0.4) is 0 Å². The molecule has 0 saturated carbocycles. The van der Waals surface area contributed by atoms with Gasteiger partial charge in [-0.1, -0.05) is 22.9 Å². The molecule has 0 spiro atoms. The lowest BCUT2D eigenvalue weighted by molar-refractivity contribution is 0.949. The second kappa shape index (κ2) is 3.52. The van der Waals surface area contributed by atoms with E-state index in [2.05, 4.69) is 9.88 Å². The predicted molar refractivity (Wildman–Crippen MR) is 53.3 cm³/mol. The molecule has 1 fully saturated rings. The molecule has 1 aliphatic heterocycles. The lowest BCUT2D eigenvalue weighted by atomic mass is 10.4. The largest absolute Gasteiger partial charge is 0.348 e. The molecule has 1 aromatic heterocycles. The minimum Gasteiger partial charge on any atom is -0.348 e. The van der Waals surface area contributed by atoms with E-state index in [1.807, 2.05) is 6.07 Å². The monoisotopic (exact) mass is 213 g/mol. The fourth-order valence-corrected chi connectivity index (χ4v) is 2.50. The smallest absolute Gasteiger partial charge is 0.188 e. The van der Waals surface area contributed by atoms with Crippen LogP contribution in [0.4, 0.5) is 5.13 Å². The number of halogens is 1. The van der Waals surface area contributed by atoms with Crippen LogP contribution >= 0.6 is 22.9 Å². The molecule has 0 bridgehead atoms. The summed E-state index contributed by atoms with van der Waals surface area (Å²) in [4.78, 5) is 6.85. The van der Waals surface area contributed by atoms with Crippen molar-refractivity contribution in [3.8, 4) is 6.07 Å². The van der Waals surface area contributed by atoms with Crippen LogP contribution in [0.25, 0.3) is 0 Å². The van der Waals surface area contributed by atoms with E-state index >= 15 is 0 Å². The van der Waals surface area contributed by atoms with E-state index in [9.17, 15) is 0 Å². The summed E-state index contributed by atoms with van der Waals surface area (Å²) in [6.07, 6.45) is 2.41. The molecule has 0 N–H and O–H groups in total. The van der Waals surface area contributed by atoms with Crippen molar-refractivity contribution in [3.63, 3.8) is 0 Å². The molecule has 0 aromatic carbocycles. The van der Waals surface area contributed by atoms with Gasteiger partial charge in [0.05, 0.1) is 0 Å². The van der Waals surface area contributed by atoms with Gasteiger partial charge in [0.1, 0.15) is 10.9 Å². The van der Waals surface area contributed by atoms with E-state index in [-0.39, 0.29) is 0 Å². The molecular formula is C8H8ClN3S. The van der Waals surface area contributed by atoms with Gasteiger partial charge in [0.25, 0.3) is 0 Å². The number of hydrogen-bond donors (Lipinski definition) is 0. The first-order chi connectivity index (χ1) is 6.31. The molecule has 0 atom stereocenters. The Morgan fingerprint density at radius 3 is 2.69 bits per heavy atom. The molecule has 1 aromatic rings. The van der Waals surface area contributed by atoms with Gasteiger partial charge in [-0.2, -0.15) is 5.26 Å². The van der Waals surface area contributed by atoms with Crippen molar-refractivity contribution in [2.75, 3.05) is 18.0 Å². The van der Waals surface area contributed by atoms with Gasteiger partial charge < -0.3 is 4.90 Å². The van der Waals surface area contributed by atoms with E-state index in [4.69, 9.17) is 16.9 Å². The van der Waals surface area contributed by atoms with Crippen LogP contribution in [0.5, 0.6) is 0 Å². The lowest BCUT2D eigenvalue weighted by Crippen LogP contribution is -2.16. The molecule has 0 aliphatic carbocycles. The number of anilines is 1. The van der Waals surface area contributed by atoms with Gasteiger partial charge in [0.2, 0.25) is 0 Å². The third kappa shape index (κ3) is 1.62. The van der Waals surface area contributed by atoms with Crippen molar-refractivity contribution in [3.05, 3.63) is 10.0 Å². The second-order valence-electron chi connectivity index (χ2n) is 2.92. The highest BCUT2D eigenvalue weighted by atomic mass is 35.5. The molecule has 1 saturated heterocycles. The van der Waals surface area contributed by atoms with Crippen LogP contribution in [0.2, 0.25) is 5.15 Å². The number of thiazole rings is 1. The zero-order valence-electron chi connectivity index (χ0n) is 6.96. The Balaban J connectivity index is 2.26. The first-order valence-electron chi connectivity index (χ1n) is 4.12. The first kappa shape index (κ1) is 8.79. The molecule has 0 radical (unpaired) electrons. The Morgan fingerprint density at radius 1 is 1.46 bits per heavy atom. The second-order valence-corrected chi connectivity index (χ2v) is 4.26. The van der Waals surface area contributed by atoms with Gasteiger partial charge in [0.15, 0.2) is 10.3 Å². The third-order valence-electron chi connectivity index (χ3n) is 2.05. The highest BCUT2D eigenvalue weighted by Gasteiger charge is 2.17. The van der Waals surface area contributed by atoms with E-state index in [1.54, 1.807) is 0 Å². The summed E-state index contributed by atoms with van der Waals surface area (Å²) < 4.78 is 0. The van der Waals surface area contributed by atoms with Crippen molar-refractivity contribution < 1.29 is 0 Å². The summed E-state index contributed by atoms with van der Waals surface area (Å²) in [6, 6.07) is 2.04. The minimum atomic E-state index is 0.342. The average molecular weight is 214 g/mol. The summed E-state index contributed by atoms with van der Waals surface area (Å²) in [5.41, 5.74) is 0. The van der Waals surface area contributed by atoms with Crippen molar-refractivity contribution in [2.45, 2.75) is 12.8 Å². The number of aromatic nitrogens is 1. The van der Waals surface area contributed by atoms with Crippen molar-refractivity contribution in [1.29, 1.82) is 5.26 Å². The maximum atomic E-state index is 8.69. The molecule has 0 amide bonds. The molecule has 5 heteroatoms. The average Bonchev–Trinajstić information content (AvgIpc) is 2.71. The number of rotatable bonds is 1. The quantitative estimate of drug-likeness (QED) is 0.719. The van der Waals surface area contributed by atoms with Gasteiger partial charge in [-0.05, 0) is 12.8 Å². The molecule has 0 unspecified atom stereocenters. The fraction of sp³-hybridized carbons (Fsp3) is 0.500. The Morgan fingerprint density at radius 2 is 2.15 bits per heavy atom. The molecule has 2 heterocycles. The van der Waals surface area contributed by atoms with E-state index in [1.165, 1.54) is 24.2 Å². The van der Waals surface area contributed by atoms with Gasteiger partial charge >= 0.3 is 0 Å². The molecule has 3 nitrogen and oxygen atoms in total. The van der Waals surface area contributed by atoms with Gasteiger partial charge in [0, 0.05) is 13.1 Å². The maximum Gasteiger partial charge on any atom is 0.188 e. The highest BCUT2D eigenvalue weighted by molar-refractivity contribution is 7.16. The van der Waals surface area contributed by atoms with Crippen LogP contribution in [0.1, 0.15) is 17.7 Å². The summed E-state index contributed by atoms with van der Waals surface area (Å²) in [5.74, 6) is 0. The van der Waals surface area contributed by atoms with Crippen LogP contribution in [-0.2, 0) is 0 Å². The van der Waals surface area contributed by atoms with E-state index < -0.39 is 0 Å². The van der Waals surface area contributed by atoms with Crippen LogP contribution in [0, 0.1) is 11.3 Å². The summed E-state index contributed by atoms with van der Waals surface area (Å²) in [5, 5.41) is 9.92. The van der Waals surface area contributed by atoms with Crippen LogP contribution < -0.4 is 4.90 Å². The normalized spacial score (nSPS) is 16.2. The summed E-state index contributed by atoms with van der Waals surface area (Å²) in [7, 11) is 0. The SMILES string of the molecule is N#Cc1sc(N2CCCC2)nc1Cl. The summed E-state index contributed by atoms with van der Waals surface area (Å²) >= 11 is 7.15. The lowest BCUT2D eigenvalue weighted by Gasteiger charge is -2.11. The molecular weight excluding hydrogens is 206 g/mol. The van der Waals surface area contributed by atoms with Crippen LogP contribution in [-0.4, -0.2) is 18.1 Å². The molecule has 13 heavy (non-hydrogen) atoms. The molecule has 1 aliphatic rings. The maximum absolute atomic E-state index is 8.69. The Kier molecular flexibility index (Phi) is 2.38.